The molecule has 60 valence electrons. The van der Waals surface area contributed by atoms with Gasteiger partial charge in [-0.25, -0.2) is 0 Å². The van der Waals surface area contributed by atoms with Gasteiger partial charge in [-0.1, -0.05) is 0 Å². The van der Waals surface area contributed by atoms with E-state index in [4.69, 9.17) is 5.11 Å². The van der Waals surface area contributed by atoms with Gasteiger partial charge in [0.1, 0.15) is 6.61 Å². The van der Waals surface area contributed by atoms with E-state index in [1.165, 1.54) is 7.11 Å². The van der Waals surface area contributed by atoms with E-state index in [2.05, 4.69) is 10.1 Å². The van der Waals surface area contributed by atoms with Gasteiger partial charge in [0, 0.05) is 13.7 Å². The fourth-order valence-electron chi connectivity index (χ4n) is 0.519. The zero-order valence-electron chi connectivity index (χ0n) is 6.09. The molecule has 0 atom stereocenters. The van der Waals surface area contributed by atoms with Crippen molar-refractivity contribution in [3.05, 3.63) is 0 Å². The lowest BCUT2D eigenvalue weighted by Gasteiger charge is -1.99. The van der Waals surface area contributed by atoms with E-state index >= 15 is 0 Å². The van der Waals surface area contributed by atoms with Crippen molar-refractivity contribution in [2.45, 2.75) is 0 Å². The minimum atomic E-state index is -0.00375. The Morgan fingerprint density at radius 1 is 1.70 bits per heavy atom. The molecular formula is C6H13NO3. The second-order valence-electron chi connectivity index (χ2n) is 1.87. The summed E-state index contributed by atoms with van der Waals surface area (Å²) < 4.78 is 4.58. The number of aliphatic hydroxyl groups is 1. The van der Waals surface area contributed by atoms with Crippen molar-refractivity contribution >= 4 is 5.78 Å². The fourth-order valence-corrected chi connectivity index (χ4v) is 0.519. The summed E-state index contributed by atoms with van der Waals surface area (Å²) in [6.07, 6.45) is 0. The molecule has 0 aliphatic heterocycles. The quantitative estimate of drug-likeness (QED) is 0.462. The van der Waals surface area contributed by atoms with E-state index < -0.39 is 0 Å². The number of ketones is 1. The Kier molecular flexibility index (Phi) is 6.37. The van der Waals surface area contributed by atoms with Gasteiger partial charge in [-0.05, 0) is 0 Å². The molecule has 0 aliphatic rings. The molecule has 0 bridgehead atoms. The van der Waals surface area contributed by atoms with Gasteiger partial charge in [0.2, 0.25) is 0 Å². The maximum absolute atomic E-state index is 10.6. The van der Waals surface area contributed by atoms with Crippen LogP contribution < -0.4 is 5.32 Å². The number of methoxy groups -OCH3 is 1. The number of carbonyl (C=O) groups excluding carboxylic acids is 1. The van der Waals surface area contributed by atoms with Crippen LogP contribution in [-0.2, 0) is 9.53 Å². The van der Waals surface area contributed by atoms with Crippen molar-refractivity contribution in [3.63, 3.8) is 0 Å². The first-order valence-electron chi connectivity index (χ1n) is 3.13. The second-order valence-corrected chi connectivity index (χ2v) is 1.87. The minimum absolute atomic E-state index is 0.00375. The Morgan fingerprint density at radius 2 is 2.40 bits per heavy atom. The maximum atomic E-state index is 10.6. The van der Waals surface area contributed by atoms with Gasteiger partial charge in [0.15, 0.2) is 5.78 Å². The number of ether oxygens (including phenoxy) is 1. The van der Waals surface area contributed by atoms with Crippen LogP contribution in [-0.4, -0.2) is 44.3 Å². The molecule has 10 heavy (non-hydrogen) atoms. The predicted molar refractivity (Wildman–Crippen MR) is 36.8 cm³/mol. The zero-order chi connectivity index (χ0) is 7.82. The van der Waals surface area contributed by atoms with Crippen LogP contribution in [0.15, 0.2) is 0 Å². The number of Topliss-reactive ketones (excluding diaryl/α,β-unsaturated/α-hetero) is 1. The number of aliphatic hydroxyl groups excluding tert-OH is 1. The predicted octanol–water partition coefficient (Wildman–Crippen LogP) is -1.22. The number of hydrogen-bond acceptors (Lipinski definition) is 4. The Balaban J connectivity index is 3.05. The van der Waals surface area contributed by atoms with E-state index in [0.29, 0.717) is 6.54 Å². The van der Waals surface area contributed by atoms with Crippen molar-refractivity contribution in [1.29, 1.82) is 0 Å². The first-order chi connectivity index (χ1) is 4.81. The van der Waals surface area contributed by atoms with E-state index in [-0.39, 0.29) is 25.5 Å². The molecule has 0 saturated heterocycles. The highest BCUT2D eigenvalue weighted by molar-refractivity contribution is 5.81. The molecule has 2 N–H and O–H groups in total. The molecule has 0 aromatic rings. The lowest BCUT2D eigenvalue weighted by atomic mass is 10.4. The standard InChI is InChI=1S/C6H13NO3/c1-10-5-6(9)4-7-2-3-8/h7-8H,2-5H2,1H3. The van der Waals surface area contributed by atoms with Crippen LogP contribution >= 0.6 is 0 Å². The molecule has 0 fully saturated rings. The first-order valence-corrected chi connectivity index (χ1v) is 3.13. The number of carbonyl (C=O) groups is 1. The topological polar surface area (TPSA) is 58.6 Å². The smallest absolute Gasteiger partial charge is 0.172 e. The summed E-state index contributed by atoms with van der Waals surface area (Å²) in [5.41, 5.74) is 0. The van der Waals surface area contributed by atoms with Crippen LogP contribution in [0.1, 0.15) is 0 Å². The molecule has 0 radical (unpaired) electrons. The van der Waals surface area contributed by atoms with Crippen molar-refractivity contribution in [2.75, 3.05) is 33.4 Å². The first kappa shape index (κ1) is 9.55. The summed E-state index contributed by atoms with van der Waals surface area (Å²) in [6.45, 7) is 0.919. The van der Waals surface area contributed by atoms with Gasteiger partial charge < -0.3 is 15.2 Å². The third-order valence-corrected chi connectivity index (χ3v) is 0.916. The monoisotopic (exact) mass is 147 g/mol. The van der Waals surface area contributed by atoms with Gasteiger partial charge >= 0.3 is 0 Å². The molecule has 0 spiro atoms. The summed E-state index contributed by atoms with van der Waals surface area (Å²) in [6, 6.07) is 0. The number of nitrogens with one attached hydrogen (secondary N) is 1. The third-order valence-electron chi connectivity index (χ3n) is 0.916. The fraction of sp³-hybridized carbons (Fsp3) is 0.833. The van der Waals surface area contributed by atoms with Crippen LogP contribution in [0.5, 0.6) is 0 Å². The molecule has 4 heteroatoms. The molecule has 0 heterocycles. The molecule has 0 amide bonds. The van der Waals surface area contributed by atoms with Crippen LogP contribution in [0.2, 0.25) is 0 Å². The molecule has 0 saturated carbocycles. The van der Waals surface area contributed by atoms with Crippen molar-refractivity contribution in [2.24, 2.45) is 0 Å². The Labute approximate surface area is 60.2 Å². The lowest BCUT2D eigenvalue weighted by molar-refractivity contribution is -0.121. The Hall–Kier alpha value is -0.450. The van der Waals surface area contributed by atoms with Gasteiger partial charge in [-0.2, -0.15) is 0 Å². The van der Waals surface area contributed by atoms with Gasteiger partial charge in [-0.15, -0.1) is 0 Å². The number of hydrogen-bond donors (Lipinski definition) is 2. The lowest BCUT2D eigenvalue weighted by Crippen LogP contribution is -2.27. The van der Waals surface area contributed by atoms with E-state index in [9.17, 15) is 4.79 Å². The van der Waals surface area contributed by atoms with Gasteiger partial charge in [-0.3, -0.25) is 4.79 Å². The molecular weight excluding hydrogens is 134 g/mol. The normalized spacial score (nSPS) is 9.80. The van der Waals surface area contributed by atoms with Crippen LogP contribution in [0, 0.1) is 0 Å². The average molecular weight is 147 g/mol. The molecule has 0 unspecified atom stereocenters. The van der Waals surface area contributed by atoms with Crippen molar-refractivity contribution < 1.29 is 14.6 Å². The van der Waals surface area contributed by atoms with Gasteiger partial charge in [0.25, 0.3) is 0 Å². The highest BCUT2D eigenvalue weighted by atomic mass is 16.5. The Morgan fingerprint density at radius 3 is 2.90 bits per heavy atom. The zero-order valence-corrected chi connectivity index (χ0v) is 6.09. The summed E-state index contributed by atoms with van der Waals surface area (Å²) in [5.74, 6) is -0.00375. The largest absolute Gasteiger partial charge is 0.395 e. The van der Waals surface area contributed by atoms with Crippen LogP contribution in [0.4, 0.5) is 0 Å². The van der Waals surface area contributed by atoms with Gasteiger partial charge in [0.05, 0.1) is 13.2 Å². The van der Waals surface area contributed by atoms with E-state index in [0.717, 1.165) is 0 Å². The SMILES string of the molecule is COCC(=O)CNCCO. The highest BCUT2D eigenvalue weighted by Gasteiger charge is 1.97. The molecule has 0 aromatic heterocycles. The van der Waals surface area contributed by atoms with E-state index in [1.54, 1.807) is 0 Å². The summed E-state index contributed by atoms with van der Waals surface area (Å²) in [5, 5.41) is 11.0. The third kappa shape index (κ3) is 5.68. The number of rotatable bonds is 6. The minimum Gasteiger partial charge on any atom is -0.395 e. The van der Waals surface area contributed by atoms with Crippen molar-refractivity contribution in [1.82, 2.24) is 5.32 Å². The highest BCUT2D eigenvalue weighted by Crippen LogP contribution is 1.70. The second kappa shape index (κ2) is 6.67. The van der Waals surface area contributed by atoms with E-state index in [1.807, 2.05) is 0 Å². The van der Waals surface area contributed by atoms with Crippen LogP contribution in [0.25, 0.3) is 0 Å². The molecule has 0 aromatic carbocycles. The maximum Gasteiger partial charge on any atom is 0.172 e. The van der Waals surface area contributed by atoms with Crippen molar-refractivity contribution in [3.8, 4) is 0 Å². The average Bonchev–Trinajstić information content (AvgIpc) is 1.89. The summed E-state index contributed by atoms with van der Waals surface area (Å²) in [7, 11) is 1.48. The van der Waals surface area contributed by atoms with Crippen LogP contribution in [0.3, 0.4) is 0 Å². The Bertz CT molecular complexity index is 95.0. The molecule has 0 aliphatic carbocycles. The molecule has 4 nitrogen and oxygen atoms in total. The molecule has 0 rings (SSSR count). The summed E-state index contributed by atoms with van der Waals surface area (Å²) in [4.78, 5) is 10.6. The summed E-state index contributed by atoms with van der Waals surface area (Å²) >= 11 is 0.